The van der Waals surface area contributed by atoms with Gasteiger partial charge in [-0.1, -0.05) is 38.5 Å². The van der Waals surface area contributed by atoms with Crippen molar-refractivity contribution in [3.8, 4) is 5.75 Å². The Labute approximate surface area is 98.3 Å². The van der Waals surface area contributed by atoms with Crippen molar-refractivity contribution in [1.82, 2.24) is 0 Å². The summed E-state index contributed by atoms with van der Waals surface area (Å²) < 4.78 is 5.69. The van der Waals surface area contributed by atoms with E-state index >= 15 is 0 Å². The molecule has 1 rings (SSSR count). The molecular weight excluding hydrogens is 200 g/mol. The normalized spacial score (nSPS) is 14.5. The molecule has 90 valence electrons. The highest BCUT2D eigenvalue weighted by Gasteiger charge is 2.09. The van der Waals surface area contributed by atoms with E-state index in [1.165, 1.54) is 12.0 Å². The summed E-state index contributed by atoms with van der Waals surface area (Å²) in [6.45, 7) is 6.37. The first-order valence-electron chi connectivity index (χ1n) is 6.02. The van der Waals surface area contributed by atoms with Crippen LogP contribution in [0, 0.1) is 5.92 Å². The summed E-state index contributed by atoms with van der Waals surface area (Å²) >= 11 is 0. The Morgan fingerprint density at radius 2 is 1.94 bits per heavy atom. The van der Waals surface area contributed by atoms with Crippen LogP contribution in [0.5, 0.6) is 5.75 Å². The van der Waals surface area contributed by atoms with Gasteiger partial charge < -0.3 is 9.84 Å². The third-order valence-corrected chi connectivity index (χ3v) is 2.82. The molecule has 0 aliphatic carbocycles. The number of hydrogen-bond donors (Lipinski definition) is 1. The van der Waals surface area contributed by atoms with Crippen molar-refractivity contribution < 1.29 is 9.84 Å². The van der Waals surface area contributed by atoms with Crippen molar-refractivity contribution in [2.45, 2.75) is 39.7 Å². The molecule has 2 heteroatoms. The highest BCUT2D eigenvalue weighted by Crippen LogP contribution is 2.23. The van der Waals surface area contributed by atoms with E-state index < -0.39 is 0 Å². The van der Waals surface area contributed by atoms with E-state index in [4.69, 9.17) is 9.84 Å². The maximum absolute atomic E-state index is 8.99. The summed E-state index contributed by atoms with van der Waals surface area (Å²) in [5, 5.41) is 8.99. The van der Waals surface area contributed by atoms with Gasteiger partial charge in [0.15, 0.2) is 0 Å². The van der Waals surface area contributed by atoms with Crippen LogP contribution in [0.25, 0.3) is 0 Å². The SMILES string of the molecule is CCC(C)Cc1ccccc1OC(C)CO. The van der Waals surface area contributed by atoms with E-state index in [0.29, 0.717) is 5.92 Å². The predicted octanol–water partition coefficient (Wildman–Crippen LogP) is 3.03. The van der Waals surface area contributed by atoms with Crippen molar-refractivity contribution in [3.05, 3.63) is 29.8 Å². The van der Waals surface area contributed by atoms with Gasteiger partial charge >= 0.3 is 0 Å². The lowest BCUT2D eigenvalue weighted by Gasteiger charge is -2.17. The second kappa shape index (κ2) is 6.54. The molecule has 1 N–H and O–H groups in total. The summed E-state index contributed by atoms with van der Waals surface area (Å²) in [6.07, 6.45) is 2.06. The van der Waals surface area contributed by atoms with Crippen LogP contribution >= 0.6 is 0 Å². The zero-order valence-corrected chi connectivity index (χ0v) is 10.4. The van der Waals surface area contributed by atoms with Crippen LogP contribution in [0.1, 0.15) is 32.8 Å². The number of aliphatic hydroxyl groups is 1. The Kier molecular flexibility index (Phi) is 5.33. The van der Waals surface area contributed by atoms with Crippen molar-refractivity contribution in [1.29, 1.82) is 0 Å². The Balaban J connectivity index is 2.75. The molecule has 0 saturated carbocycles. The first-order valence-corrected chi connectivity index (χ1v) is 6.02. The standard InChI is InChI=1S/C14H22O2/c1-4-11(2)9-13-7-5-6-8-14(13)16-12(3)10-15/h5-8,11-12,15H,4,9-10H2,1-3H3. The van der Waals surface area contributed by atoms with E-state index in [1.54, 1.807) is 0 Å². The third kappa shape index (κ3) is 3.86. The molecule has 1 aromatic rings. The second-order valence-electron chi connectivity index (χ2n) is 4.44. The highest BCUT2D eigenvalue weighted by atomic mass is 16.5. The van der Waals surface area contributed by atoms with Crippen LogP contribution in [-0.2, 0) is 6.42 Å². The van der Waals surface area contributed by atoms with Gasteiger partial charge in [-0.3, -0.25) is 0 Å². The average Bonchev–Trinajstić information content (AvgIpc) is 2.31. The number of para-hydroxylation sites is 1. The zero-order valence-electron chi connectivity index (χ0n) is 10.4. The maximum Gasteiger partial charge on any atom is 0.123 e. The largest absolute Gasteiger partial charge is 0.488 e. The van der Waals surface area contributed by atoms with Crippen molar-refractivity contribution >= 4 is 0 Å². The molecule has 0 aromatic heterocycles. The fraction of sp³-hybridized carbons (Fsp3) is 0.571. The Bertz CT molecular complexity index is 278. The first kappa shape index (κ1) is 13.0. The first-order chi connectivity index (χ1) is 7.67. The molecule has 16 heavy (non-hydrogen) atoms. The molecule has 0 bridgehead atoms. The topological polar surface area (TPSA) is 29.5 Å². The van der Waals surface area contributed by atoms with Crippen molar-refractivity contribution in [2.24, 2.45) is 5.92 Å². The van der Waals surface area contributed by atoms with Gasteiger partial charge in [0.05, 0.1) is 6.61 Å². The second-order valence-corrected chi connectivity index (χ2v) is 4.44. The molecule has 0 spiro atoms. The average molecular weight is 222 g/mol. The van der Waals surface area contributed by atoms with Crippen LogP contribution in [0.4, 0.5) is 0 Å². The Morgan fingerprint density at radius 1 is 1.25 bits per heavy atom. The summed E-state index contributed by atoms with van der Waals surface area (Å²) in [6, 6.07) is 8.09. The third-order valence-electron chi connectivity index (χ3n) is 2.82. The summed E-state index contributed by atoms with van der Waals surface area (Å²) in [4.78, 5) is 0. The molecule has 0 aliphatic rings. The lowest BCUT2D eigenvalue weighted by atomic mass is 9.98. The van der Waals surface area contributed by atoms with Gasteiger partial charge in [0.25, 0.3) is 0 Å². The lowest BCUT2D eigenvalue weighted by molar-refractivity contribution is 0.128. The predicted molar refractivity (Wildman–Crippen MR) is 66.8 cm³/mol. The highest BCUT2D eigenvalue weighted by molar-refractivity contribution is 5.33. The van der Waals surface area contributed by atoms with E-state index in [9.17, 15) is 0 Å². The molecule has 0 amide bonds. The van der Waals surface area contributed by atoms with Gasteiger partial charge in [-0.05, 0) is 30.9 Å². The fourth-order valence-electron chi connectivity index (χ4n) is 1.56. The monoisotopic (exact) mass is 222 g/mol. The molecule has 1 aromatic carbocycles. The number of aliphatic hydroxyl groups excluding tert-OH is 1. The fourth-order valence-corrected chi connectivity index (χ4v) is 1.56. The minimum Gasteiger partial charge on any atom is -0.488 e. The minimum absolute atomic E-state index is 0.0532. The van der Waals surface area contributed by atoms with E-state index in [1.807, 2.05) is 25.1 Å². The van der Waals surface area contributed by atoms with Gasteiger partial charge in [-0.15, -0.1) is 0 Å². The zero-order chi connectivity index (χ0) is 12.0. The molecule has 2 unspecified atom stereocenters. The van der Waals surface area contributed by atoms with Gasteiger partial charge in [0, 0.05) is 0 Å². The summed E-state index contributed by atoms with van der Waals surface area (Å²) in [7, 11) is 0. The van der Waals surface area contributed by atoms with Crippen LogP contribution in [0.2, 0.25) is 0 Å². The number of hydrogen-bond acceptors (Lipinski definition) is 2. The van der Waals surface area contributed by atoms with Gasteiger partial charge in [0.2, 0.25) is 0 Å². The molecular formula is C14H22O2. The van der Waals surface area contributed by atoms with Crippen LogP contribution in [0.3, 0.4) is 0 Å². The van der Waals surface area contributed by atoms with E-state index in [0.717, 1.165) is 12.2 Å². The van der Waals surface area contributed by atoms with Crippen LogP contribution in [-0.4, -0.2) is 17.8 Å². The van der Waals surface area contributed by atoms with Crippen molar-refractivity contribution in [3.63, 3.8) is 0 Å². The van der Waals surface area contributed by atoms with E-state index in [-0.39, 0.29) is 12.7 Å². The maximum atomic E-state index is 8.99. The molecule has 0 heterocycles. The molecule has 0 fully saturated rings. The smallest absolute Gasteiger partial charge is 0.123 e. The van der Waals surface area contributed by atoms with E-state index in [2.05, 4.69) is 19.9 Å². The Morgan fingerprint density at radius 3 is 2.56 bits per heavy atom. The minimum atomic E-state index is -0.141. The summed E-state index contributed by atoms with van der Waals surface area (Å²) in [5.41, 5.74) is 1.23. The van der Waals surface area contributed by atoms with Gasteiger partial charge in [-0.25, -0.2) is 0 Å². The van der Waals surface area contributed by atoms with Crippen LogP contribution in [0.15, 0.2) is 24.3 Å². The van der Waals surface area contributed by atoms with Crippen molar-refractivity contribution in [2.75, 3.05) is 6.61 Å². The van der Waals surface area contributed by atoms with Gasteiger partial charge in [0.1, 0.15) is 11.9 Å². The molecule has 0 aliphatic heterocycles. The Hall–Kier alpha value is -1.02. The number of rotatable bonds is 6. The summed E-state index contributed by atoms with van der Waals surface area (Å²) in [5.74, 6) is 1.57. The molecule has 0 saturated heterocycles. The molecule has 2 atom stereocenters. The lowest BCUT2D eigenvalue weighted by Crippen LogP contribution is -2.17. The molecule has 2 nitrogen and oxygen atoms in total. The van der Waals surface area contributed by atoms with Gasteiger partial charge in [-0.2, -0.15) is 0 Å². The number of benzene rings is 1. The number of ether oxygens (including phenoxy) is 1. The quantitative estimate of drug-likeness (QED) is 0.801. The van der Waals surface area contributed by atoms with Crippen LogP contribution < -0.4 is 4.74 Å². The molecule has 0 radical (unpaired) electrons.